The van der Waals surface area contributed by atoms with Gasteiger partial charge in [-0.15, -0.1) is 0 Å². The lowest BCUT2D eigenvalue weighted by Crippen LogP contribution is -2.36. The highest BCUT2D eigenvalue weighted by Crippen LogP contribution is 2.30. The number of fused-ring (bicyclic) bond motifs is 1. The molecule has 0 atom stereocenters. The number of hydrogen-bond acceptors (Lipinski definition) is 8. The van der Waals surface area contributed by atoms with Crippen molar-refractivity contribution in [3.63, 3.8) is 0 Å². The summed E-state index contributed by atoms with van der Waals surface area (Å²) in [5.74, 6) is -3.17. The summed E-state index contributed by atoms with van der Waals surface area (Å²) in [6.45, 7) is -0.720. The summed E-state index contributed by atoms with van der Waals surface area (Å²) < 4.78 is 9.60. The number of imide groups is 1. The SMILES string of the molecule is COC(=O)c1ccc(OC(=O)CN2C(=O)c3cccc([N+](=O)[O-])c3C2=O)cc1. The number of rotatable bonds is 5. The maximum Gasteiger partial charge on any atom is 0.337 e. The first kappa shape index (κ1) is 18.7. The van der Waals surface area contributed by atoms with Crippen LogP contribution in [0.15, 0.2) is 42.5 Å². The van der Waals surface area contributed by atoms with E-state index in [4.69, 9.17) is 4.74 Å². The van der Waals surface area contributed by atoms with Crippen LogP contribution in [0, 0.1) is 10.1 Å². The van der Waals surface area contributed by atoms with E-state index >= 15 is 0 Å². The van der Waals surface area contributed by atoms with E-state index < -0.39 is 40.9 Å². The Morgan fingerprint density at radius 1 is 1.07 bits per heavy atom. The molecule has 10 heteroatoms. The van der Waals surface area contributed by atoms with Crippen LogP contribution < -0.4 is 4.74 Å². The quantitative estimate of drug-likeness (QED) is 0.249. The fraction of sp³-hybridized carbons (Fsp3) is 0.111. The predicted octanol–water partition coefficient (Wildman–Crippen LogP) is 1.58. The Morgan fingerprint density at radius 2 is 1.75 bits per heavy atom. The molecular weight excluding hydrogens is 372 g/mol. The van der Waals surface area contributed by atoms with E-state index in [0.717, 1.165) is 6.07 Å². The molecule has 2 amide bonds. The molecule has 0 saturated carbocycles. The molecule has 1 heterocycles. The topological polar surface area (TPSA) is 133 Å². The standard InChI is InChI=1S/C18H12N2O8/c1-27-18(24)10-5-7-11(8-6-10)28-14(21)9-19-16(22)12-3-2-4-13(20(25)26)15(12)17(19)23/h2-8H,9H2,1H3. The van der Waals surface area contributed by atoms with Crippen molar-refractivity contribution in [2.45, 2.75) is 0 Å². The largest absolute Gasteiger partial charge is 0.465 e. The van der Waals surface area contributed by atoms with Crippen LogP contribution in [0.5, 0.6) is 5.75 Å². The second kappa shape index (κ2) is 7.27. The minimum Gasteiger partial charge on any atom is -0.465 e. The third-order valence-electron chi connectivity index (χ3n) is 3.97. The summed E-state index contributed by atoms with van der Waals surface area (Å²) in [7, 11) is 1.22. The molecule has 0 aliphatic carbocycles. The van der Waals surface area contributed by atoms with E-state index in [1.165, 1.54) is 43.5 Å². The van der Waals surface area contributed by atoms with Gasteiger partial charge in [0, 0.05) is 6.07 Å². The van der Waals surface area contributed by atoms with Gasteiger partial charge in [-0.25, -0.2) is 9.59 Å². The van der Waals surface area contributed by atoms with Gasteiger partial charge in [-0.2, -0.15) is 0 Å². The van der Waals surface area contributed by atoms with Crippen LogP contribution in [0.3, 0.4) is 0 Å². The fourth-order valence-electron chi connectivity index (χ4n) is 2.68. The number of carbonyl (C=O) groups is 4. The normalized spacial score (nSPS) is 12.5. The van der Waals surface area contributed by atoms with Gasteiger partial charge < -0.3 is 9.47 Å². The lowest BCUT2D eigenvalue weighted by Gasteiger charge is -2.12. The van der Waals surface area contributed by atoms with Crippen LogP contribution in [-0.4, -0.2) is 47.2 Å². The summed E-state index contributed by atoms with van der Waals surface area (Å²) in [6.07, 6.45) is 0. The summed E-state index contributed by atoms with van der Waals surface area (Å²) in [5, 5.41) is 11.1. The zero-order valence-corrected chi connectivity index (χ0v) is 14.4. The Balaban J connectivity index is 1.74. The molecule has 0 aromatic heterocycles. The average molecular weight is 384 g/mol. The first-order chi connectivity index (χ1) is 13.3. The van der Waals surface area contributed by atoms with Crippen molar-refractivity contribution in [3.8, 4) is 5.75 Å². The molecule has 3 rings (SSSR count). The van der Waals surface area contributed by atoms with Gasteiger partial charge in [0.1, 0.15) is 17.9 Å². The van der Waals surface area contributed by atoms with Crippen molar-refractivity contribution < 1.29 is 33.6 Å². The third kappa shape index (κ3) is 3.30. The molecule has 2 aromatic carbocycles. The van der Waals surface area contributed by atoms with Gasteiger partial charge in [0.25, 0.3) is 17.5 Å². The van der Waals surface area contributed by atoms with E-state index in [9.17, 15) is 29.3 Å². The molecule has 0 bridgehead atoms. The number of carbonyl (C=O) groups excluding carboxylic acids is 4. The molecule has 0 spiro atoms. The molecular formula is C18H12N2O8. The zero-order valence-electron chi connectivity index (χ0n) is 14.4. The molecule has 0 unspecified atom stereocenters. The Morgan fingerprint density at radius 3 is 2.36 bits per heavy atom. The van der Waals surface area contributed by atoms with Crippen LogP contribution in [0.4, 0.5) is 5.69 Å². The Kier molecular flexibility index (Phi) is 4.86. The lowest BCUT2D eigenvalue weighted by molar-refractivity contribution is -0.385. The van der Waals surface area contributed by atoms with Crippen molar-refractivity contribution in [2.75, 3.05) is 13.7 Å². The molecule has 0 fully saturated rings. The number of ether oxygens (including phenoxy) is 2. The smallest absolute Gasteiger partial charge is 0.337 e. The summed E-state index contributed by atoms with van der Waals surface area (Å²) >= 11 is 0. The van der Waals surface area contributed by atoms with E-state index in [0.29, 0.717) is 4.90 Å². The zero-order chi connectivity index (χ0) is 20.4. The van der Waals surface area contributed by atoms with Crippen LogP contribution in [-0.2, 0) is 9.53 Å². The van der Waals surface area contributed by atoms with Gasteiger partial charge in [-0.3, -0.25) is 24.6 Å². The maximum atomic E-state index is 12.4. The Hall–Kier alpha value is -4.08. The number of nitro groups is 1. The van der Waals surface area contributed by atoms with E-state index in [1.807, 2.05) is 0 Å². The van der Waals surface area contributed by atoms with Crippen LogP contribution in [0.25, 0.3) is 0 Å². The molecule has 2 aromatic rings. The first-order valence-electron chi connectivity index (χ1n) is 7.86. The lowest BCUT2D eigenvalue weighted by atomic mass is 10.1. The van der Waals surface area contributed by atoms with Crippen molar-refractivity contribution in [3.05, 3.63) is 69.3 Å². The number of benzene rings is 2. The third-order valence-corrected chi connectivity index (χ3v) is 3.97. The summed E-state index contributed by atoms with van der Waals surface area (Å²) in [5.41, 5.74) is -0.762. The van der Waals surface area contributed by atoms with Gasteiger partial charge in [-0.1, -0.05) is 6.07 Å². The minimum absolute atomic E-state index is 0.0836. The first-order valence-corrected chi connectivity index (χ1v) is 7.86. The molecule has 1 aliphatic rings. The summed E-state index contributed by atoms with van der Waals surface area (Å²) in [6, 6.07) is 9.11. The van der Waals surface area contributed by atoms with Crippen LogP contribution >= 0.6 is 0 Å². The van der Waals surface area contributed by atoms with E-state index in [-0.39, 0.29) is 22.4 Å². The number of nitrogens with zero attached hydrogens (tertiary/aromatic N) is 2. The molecule has 0 N–H and O–H groups in total. The highest BCUT2D eigenvalue weighted by Gasteiger charge is 2.41. The highest BCUT2D eigenvalue weighted by molar-refractivity contribution is 6.24. The maximum absolute atomic E-state index is 12.4. The fourth-order valence-corrected chi connectivity index (χ4v) is 2.68. The van der Waals surface area contributed by atoms with Crippen molar-refractivity contribution in [1.82, 2.24) is 4.90 Å². The minimum atomic E-state index is -0.940. The van der Waals surface area contributed by atoms with E-state index in [1.54, 1.807) is 0 Å². The number of amides is 2. The van der Waals surface area contributed by atoms with Crippen LogP contribution in [0.1, 0.15) is 31.1 Å². The Bertz CT molecular complexity index is 1010. The predicted molar refractivity (Wildman–Crippen MR) is 91.9 cm³/mol. The molecule has 10 nitrogen and oxygen atoms in total. The van der Waals surface area contributed by atoms with Gasteiger partial charge in [-0.05, 0) is 30.3 Å². The Labute approximate surface area is 157 Å². The number of hydrogen-bond donors (Lipinski definition) is 0. The molecule has 0 radical (unpaired) electrons. The second-order valence-electron chi connectivity index (χ2n) is 5.64. The van der Waals surface area contributed by atoms with Gasteiger partial charge in [0.05, 0.1) is 23.2 Å². The number of esters is 2. The van der Waals surface area contributed by atoms with Crippen molar-refractivity contribution in [1.29, 1.82) is 0 Å². The molecule has 1 aliphatic heterocycles. The number of nitro benzene ring substituents is 1. The molecule has 0 saturated heterocycles. The van der Waals surface area contributed by atoms with Crippen molar-refractivity contribution in [2.24, 2.45) is 0 Å². The molecule has 142 valence electrons. The molecule has 28 heavy (non-hydrogen) atoms. The second-order valence-corrected chi connectivity index (χ2v) is 5.64. The van der Waals surface area contributed by atoms with Gasteiger partial charge in [0.15, 0.2) is 0 Å². The monoisotopic (exact) mass is 384 g/mol. The highest BCUT2D eigenvalue weighted by atomic mass is 16.6. The van der Waals surface area contributed by atoms with Gasteiger partial charge >= 0.3 is 11.9 Å². The summed E-state index contributed by atoms with van der Waals surface area (Å²) in [4.78, 5) is 59.1. The van der Waals surface area contributed by atoms with Crippen LogP contribution in [0.2, 0.25) is 0 Å². The average Bonchev–Trinajstić information content (AvgIpc) is 2.92. The van der Waals surface area contributed by atoms with E-state index in [2.05, 4.69) is 4.74 Å². The van der Waals surface area contributed by atoms with Gasteiger partial charge in [0.2, 0.25) is 0 Å². The number of methoxy groups -OCH3 is 1. The van der Waals surface area contributed by atoms with Crippen molar-refractivity contribution >= 4 is 29.4 Å².